The van der Waals surface area contributed by atoms with Crippen LogP contribution in [0.3, 0.4) is 0 Å². The Morgan fingerprint density at radius 1 is 0.931 bits per heavy atom. The third-order valence-electron chi connectivity index (χ3n) is 5.15. The molecule has 1 aliphatic carbocycles. The first-order chi connectivity index (χ1) is 14.1. The third kappa shape index (κ3) is 6.63. The standard InChI is InChI=1S/C24H29NO4/c1-2-6-24(27)29-22-15-11-20(12-16-22)25-23(26)17-28-21-13-9-19(10-14-21)18-7-4-3-5-8-18/h9-16,18H,2-8,17H2,1H3,(H,25,26). The minimum atomic E-state index is -0.257. The van der Waals surface area contributed by atoms with Crippen molar-refractivity contribution >= 4 is 17.6 Å². The molecule has 0 aromatic heterocycles. The molecule has 1 saturated carbocycles. The van der Waals surface area contributed by atoms with Gasteiger partial charge in [0.2, 0.25) is 0 Å². The third-order valence-corrected chi connectivity index (χ3v) is 5.15. The summed E-state index contributed by atoms with van der Waals surface area (Å²) in [5.74, 6) is 1.32. The zero-order valence-electron chi connectivity index (χ0n) is 17.0. The fourth-order valence-electron chi connectivity index (χ4n) is 3.61. The van der Waals surface area contributed by atoms with Crippen LogP contribution in [0.1, 0.15) is 63.4 Å². The maximum Gasteiger partial charge on any atom is 0.311 e. The number of carbonyl (C=O) groups is 2. The van der Waals surface area contributed by atoms with Crippen LogP contribution in [0.15, 0.2) is 48.5 Å². The van der Waals surface area contributed by atoms with Crippen molar-refractivity contribution in [2.45, 2.75) is 57.8 Å². The summed E-state index contributed by atoms with van der Waals surface area (Å²) in [5, 5.41) is 2.78. The van der Waals surface area contributed by atoms with Gasteiger partial charge in [-0.25, -0.2) is 0 Å². The van der Waals surface area contributed by atoms with Crippen LogP contribution in [0, 0.1) is 0 Å². The highest BCUT2D eigenvalue weighted by atomic mass is 16.5. The van der Waals surface area contributed by atoms with Gasteiger partial charge in [0.05, 0.1) is 0 Å². The van der Waals surface area contributed by atoms with Crippen molar-refractivity contribution in [2.24, 2.45) is 0 Å². The lowest BCUT2D eigenvalue weighted by atomic mass is 9.84. The van der Waals surface area contributed by atoms with Crippen LogP contribution in [0.25, 0.3) is 0 Å². The molecule has 5 heteroatoms. The molecule has 0 atom stereocenters. The van der Waals surface area contributed by atoms with Crippen LogP contribution in [-0.2, 0) is 9.59 Å². The Balaban J connectivity index is 1.44. The summed E-state index contributed by atoms with van der Waals surface area (Å²) < 4.78 is 10.8. The molecule has 0 radical (unpaired) electrons. The molecule has 0 aliphatic heterocycles. The van der Waals surface area contributed by atoms with E-state index in [1.54, 1.807) is 24.3 Å². The minimum absolute atomic E-state index is 0.0595. The summed E-state index contributed by atoms with van der Waals surface area (Å²) in [4.78, 5) is 23.6. The first-order valence-electron chi connectivity index (χ1n) is 10.5. The molecule has 0 bridgehead atoms. The number of esters is 1. The quantitative estimate of drug-likeness (QED) is 0.476. The average molecular weight is 395 g/mol. The molecule has 154 valence electrons. The molecule has 1 amide bonds. The average Bonchev–Trinajstić information content (AvgIpc) is 2.75. The van der Waals surface area contributed by atoms with Gasteiger partial charge in [-0.15, -0.1) is 0 Å². The van der Waals surface area contributed by atoms with Gasteiger partial charge in [0, 0.05) is 12.1 Å². The monoisotopic (exact) mass is 395 g/mol. The highest BCUT2D eigenvalue weighted by Gasteiger charge is 2.15. The normalized spacial score (nSPS) is 14.2. The molecule has 3 rings (SSSR count). The fourth-order valence-corrected chi connectivity index (χ4v) is 3.61. The van der Waals surface area contributed by atoms with Gasteiger partial charge >= 0.3 is 5.97 Å². The summed E-state index contributed by atoms with van der Waals surface area (Å²) >= 11 is 0. The van der Waals surface area contributed by atoms with Crippen molar-refractivity contribution in [3.63, 3.8) is 0 Å². The molecule has 0 saturated heterocycles. The lowest BCUT2D eigenvalue weighted by Crippen LogP contribution is -2.20. The van der Waals surface area contributed by atoms with E-state index in [1.165, 1.54) is 37.7 Å². The van der Waals surface area contributed by atoms with E-state index in [9.17, 15) is 9.59 Å². The summed E-state index contributed by atoms with van der Waals surface area (Å²) in [6.45, 7) is 1.86. The van der Waals surface area contributed by atoms with Gasteiger partial charge in [0.1, 0.15) is 11.5 Å². The molecule has 2 aromatic rings. The van der Waals surface area contributed by atoms with Crippen LogP contribution in [0.5, 0.6) is 11.5 Å². The first kappa shape index (κ1) is 20.9. The maximum atomic E-state index is 12.1. The van der Waals surface area contributed by atoms with E-state index >= 15 is 0 Å². The second-order valence-corrected chi connectivity index (χ2v) is 7.49. The number of carbonyl (C=O) groups excluding carboxylic acids is 2. The van der Waals surface area contributed by atoms with Crippen molar-refractivity contribution in [3.8, 4) is 11.5 Å². The molecule has 1 aliphatic rings. The number of hydrogen-bond donors (Lipinski definition) is 1. The number of hydrogen-bond acceptors (Lipinski definition) is 4. The fraction of sp³-hybridized carbons (Fsp3) is 0.417. The summed E-state index contributed by atoms with van der Waals surface area (Å²) in [6.07, 6.45) is 7.63. The van der Waals surface area contributed by atoms with Gasteiger partial charge < -0.3 is 14.8 Å². The van der Waals surface area contributed by atoms with Gasteiger partial charge in [0.25, 0.3) is 5.91 Å². The topological polar surface area (TPSA) is 64.6 Å². The van der Waals surface area contributed by atoms with Gasteiger partial charge in [-0.05, 0) is 67.1 Å². The summed E-state index contributed by atoms with van der Waals surface area (Å²) in [7, 11) is 0. The lowest BCUT2D eigenvalue weighted by Gasteiger charge is -2.22. The Hall–Kier alpha value is -2.82. The number of ether oxygens (including phenoxy) is 2. The van der Waals surface area contributed by atoms with Crippen LogP contribution in [0.2, 0.25) is 0 Å². The zero-order chi connectivity index (χ0) is 20.5. The molecule has 29 heavy (non-hydrogen) atoms. The molecule has 5 nitrogen and oxygen atoms in total. The molecule has 0 unspecified atom stereocenters. The Morgan fingerprint density at radius 3 is 2.24 bits per heavy atom. The maximum absolute atomic E-state index is 12.1. The summed E-state index contributed by atoms with van der Waals surface area (Å²) in [5.41, 5.74) is 1.99. The Labute approximate surface area is 172 Å². The molecule has 0 heterocycles. The number of nitrogens with one attached hydrogen (secondary N) is 1. The molecule has 1 fully saturated rings. The van der Waals surface area contributed by atoms with Crippen molar-refractivity contribution < 1.29 is 19.1 Å². The van der Waals surface area contributed by atoms with E-state index < -0.39 is 0 Å². The second kappa shape index (κ2) is 10.6. The predicted molar refractivity (Wildman–Crippen MR) is 113 cm³/mol. The van der Waals surface area contributed by atoms with Gasteiger partial charge in [-0.2, -0.15) is 0 Å². The van der Waals surface area contributed by atoms with E-state index in [-0.39, 0.29) is 18.5 Å². The largest absolute Gasteiger partial charge is 0.484 e. The van der Waals surface area contributed by atoms with Crippen LogP contribution in [0.4, 0.5) is 5.69 Å². The van der Waals surface area contributed by atoms with Crippen LogP contribution in [-0.4, -0.2) is 18.5 Å². The second-order valence-electron chi connectivity index (χ2n) is 7.49. The zero-order valence-corrected chi connectivity index (χ0v) is 17.0. The SMILES string of the molecule is CCCC(=O)Oc1ccc(NC(=O)COc2ccc(C3CCCCC3)cc2)cc1. The molecular formula is C24H29NO4. The predicted octanol–water partition coefficient (Wildman–Crippen LogP) is 5.46. The van der Waals surface area contributed by atoms with E-state index in [2.05, 4.69) is 17.4 Å². The molecule has 0 spiro atoms. The molecule has 2 aromatic carbocycles. The van der Waals surface area contributed by atoms with E-state index in [0.717, 1.165) is 6.42 Å². The Morgan fingerprint density at radius 2 is 1.59 bits per heavy atom. The van der Waals surface area contributed by atoms with E-state index in [1.807, 2.05) is 19.1 Å². The van der Waals surface area contributed by atoms with Crippen molar-refractivity contribution in [1.82, 2.24) is 0 Å². The number of anilines is 1. The summed E-state index contributed by atoms with van der Waals surface area (Å²) in [6, 6.07) is 14.8. The molecule has 1 N–H and O–H groups in total. The number of amides is 1. The van der Waals surface area contributed by atoms with Crippen LogP contribution < -0.4 is 14.8 Å². The smallest absolute Gasteiger partial charge is 0.311 e. The van der Waals surface area contributed by atoms with Crippen molar-refractivity contribution in [1.29, 1.82) is 0 Å². The number of benzene rings is 2. The molecular weight excluding hydrogens is 366 g/mol. The van der Waals surface area contributed by atoms with E-state index in [4.69, 9.17) is 9.47 Å². The first-order valence-corrected chi connectivity index (χ1v) is 10.5. The van der Waals surface area contributed by atoms with Gasteiger partial charge in [0.15, 0.2) is 6.61 Å². The van der Waals surface area contributed by atoms with E-state index in [0.29, 0.717) is 29.5 Å². The Kier molecular flexibility index (Phi) is 7.68. The Bertz CT molecular complexity index is 793. The van der Waals surface area contributed by atoms with Crippen molar-refractivity contribution in [2.75, 3.05) is 11.9 Å². The minimum Gasteiger partial charge on any atom is -0.484 e. The van der Waals surface area contributed by atoms with Crippen LogP contribution >= 0.6 is 0 Å². The lowest BCUT2D eigenvalue weighted by molar-refractivity contribution is -0.134. The van der Waals surface area contributed by atoms with Gasteiger partial charge in [-0.3, -0.25) is 9.59 Å². The highest BCUT2D eigenvalue weighted by Crippen LogP contribution is 2.33. The van der Waals surface area contributed by atoms with Gasteiger partial charge in [-0.1, -0.05) is 38.3 Å². The van der Waals surface area contributed by atoms with Crippen molar-refractivity contribution in [3.05, 3.63) is 54.1 Å². The number of rotatable bonds is 8. The highest BCUT2D eigenvalue weighted by molar-refractivity contribution is 5.91.